The molecule has 0 bridgehead atoms. The van der Waals surface area contributed by atoms with Gasteiger partial charge in [-0.1, -0.05) is 17.7 Å². The fourth-order valence-corrected chi connectivity index (χ4v) is 2.54. The minimum absolute atomic E-state index is 0.153. The number of halogens is 2. The number of aromatic nitrogens is 4. The normalized spacial score (nSPS) is 12.0. The Balaban J connectivity index is 1.67. The summed E-state index contributed by atoms with van der Waals surface area (Å²) < 4.78 is 13.8. The molecule has 1 amide bonds. The molecular formula is C17H15ClFN5O. The Kier molecular flexibility index (Phi) is 5.04. The lowest BCUT2D eigenvalue weighted by Gasteiger charge is -2.12. The molecule has 128 valence electrons. The summed E-state index contributed by atoms with van der Waals surface area (Å²) in [5.74, 6) is 0.112. The molecule has 1 aromatic carbocycles. The predicted octanol–water partition coefficient (Wildman–Crippen LogP) is 3.08. The second-order valence-corrected chi connectivity index (χ2v) is 5.86. The molecule has 0 radical (unpaired) electrons. The van der Waals surface area contributed by atoms with E-state index in [2.05, 4.69) is 25.5 Å². The van der Waals surface area contributed by atoms with Gasteiger partial charge >= 0.3 is 0 Å². The van der Waals surface area contributed by atoms with E-state index >= 15 is 0 Å². The van der Waals surface area contributed by atoms with E-state index in [1.807, 2.05) is 6.07 Å². The highest BCUT2D eigenvalue weighted by Gasteiger charge is 2.17. The highest BCUT2D eigenvalue weighted by Crippen LogP contribution is 2.20. The van der Waals surface area contributed by atoms with Gasteiger partial charge in [-0.05, 0) is 31.2 Å². The van der Waals surface area contributed by atoms with Crippen LogP contribution in [-0.2, 0) is 11.2 Å². The van der Waals surface area contributed by atoms with Gasteiger partial charge in [-0.3, -0.25) is 14.9 Å². The Bertz CT molecular complexity index is 864. The van der Waals surface area contributed by atoms with E-state index < -0.39 is 11.9 Å². The molecule has 3 rings (SSSR count). The molecule has 0 spiro atoms. The maximum Gasteiger partial charge on any atom is 0.225 e. The van der Waals surface area contributed by atoms with Gasteiger partial charge in [0.15, 0.2) is 5.82 Å². The first-order chi connectivity index (χ1) is 12.0. The average Bonchev–Trinajstić information content (AvgIpc) is 3.09. The minimum atomic E-state index is -0.506. The van der Waals surface area contributed by atoms with Crippen LogP contribution < -0.4 is 5.32 Å². The van der Waals surface area contributed by atoms with Gasteiger partial charge < -0.3 is 5.32 Å². The fourth-order valence-electron chi connectivity index (χ4n) is 2.31. The molecule has 1 atom stereocenters. The summed E-state index contributed by atoms with van der Waals surface area (Å²) in [7, 11) is 0. The van der Waals surface area contributed by atoms with Crippen LogP contribution in [-0.4, -0.2) is 26.1 Å². The first-order valence-corrected chi connectivity index (χ1v) is 7.97. The Hall–Kier alpha value is -2.80. The third-order valence-corrected chi connectivity index (χ3v) is 3.96. The number of carbonyl (C=O) groups excluding carboxylic acids is 1. The molecule has 25 heavy (non-hydrogen) atoms. The fraction of sp³-hybridized carbons (Fsp3) is 0.176. The standard InChI is InChI=1S/C17H15ClFN5O/c1-10(16-22-17(24-23-16)11-4-3-7-20-9-11)21-15(25)8-12-13(18)5-2-6-14(12)19/h2-7,9-10H,8H2,1H3,(H,21,25)(H,22,23,24)/t10-/m1/s1. The van der Waals surface area contributed by atoms with E-state index in [0.717, 1.165) is 5.56 Å². The summed E-state index contributed by atoms with van der Waals surface area (Å²) in [6, 6.07) is 7.52. The highest BCUT2D eigenvalue weighted by atomic mass is 35.5. The monoisotopic (exact) mass is 359 g/mol. The van der Waals surface area contributed by atoms with Crippen molar-refractivity contribution in [3.63, 3.8) is 0 Å². The summed E-state index contributed by atoms with van der Waals surface area (Å²) >= 11 is 5.94. The molecule has 0 aliphatic carbocycles. The van der Waals surface area contributed by atoms with Crippen LogP contribution in [0.4, 0.5) is 4.39 Å². The Morgan fingerprint density at radius 2 is 2.20 bits per heavy atom. The number of H-pyrrole nitrogens is 1. The van der Waals surface area contributed by atoms with E-state index in [1.165, 1.54) is 12.1 Å². The van der Waals surface area contributed by atoms with E-state index in [1.54, 1.807) is 31.5 Å². The first kappa shape index (κ1) is 17.0. The lowest BCUT2D eigenvalue weighted by molar-refractivity contribution is -0.121. The van der Waals surface area contributed by atoms with Crippen LogP contribution in [0.1, 0.15) is 24.4 Å². The zero-order valence-corrected chi connectivity index (χ0v) is 14.1. The van der Waals surface area contributed by atoms with Crippen molar-refractivity contribution in [1.82, 2.24) is 25.5 Å². The first-order valence-electron chi connectivity index (χ1n) is 7.59. The summed E-state index contributed by atoms with van der Waals surface area (Å²) in [5.41, 5.74) is 0.934. The zero-order valence-electron chi connectivity index (χ0n) is 13.3. The molecular weight excluding hydrogens is 345 g/mol. The lowest BCUT2D eigenvalue weighted by Crippen LogP contribution is -2.29. The van der Waals surface area contributed by atoms with E-state index in [-0.39, 0.29) is 22.9 Å². The summed E-state index contributed by atoms with van der Waals surface area (Å²) in [5, 5.41) is 9.88. The van der Waals surface area contributed by atoms with Gasteiger partial charge in [0.2, 0.25) is 5.91 Å². The van der Waals surface area contributed by atoms with Gasteiger partial charge in [0.25, 0.3) is 0 Å². The van der Waals surface area contributed by atoms with Crippen molar-refractivity contribution in [3.8, 4) is 11.4 Å². The maximum atomic E-state index is 13.8. The number of aromatic amines is 1. The molecule has 0 aliphatic rings. The van der Waals surface area contributed by atoms with Crippen molar-refractivity contribution in [3.05, 3.63) is 65.0 Å². The molecule has 8 heteroatoms. The van der Waals surface area contributed by atoms with E-state index in [9.17, 15) is 9.18 Å². The second-order valence-electron chi connectivity index (χ2n) is 5.45. The maximum absolute atomic E-state index is 13.8. The van der Waals surface area contributed by atoms with Crippen molar-refractivity contribution in [2.75, 3.05) is 0 Å². The van der Waals surface area contributed by atoms with Gasteiger partial charge in [0.1, 0.15) is 11.6 Å². The number of pyridine rings is 1. The number of benzene rings is 1. The number of hydrogen-bond donors (Lipinski definition) is 2. The molecule has 0 fully saturated rings. The van der Waals surface area contributed by atoms with Crippen LogP contribution in [0.25, 0.3) is 11.4 Å². The minimum Gasteiger partial charge on any atom is -0.346 e. The molecule has 0 aliphatic heterocycles. The second kappa shape index (κ2) is 7.40. The van der Waals surface area contributed by atoms with Crippen LogP contribution >= 0.6 is 11.6 Å². The summed E-state index contributed by atoms with van der Waals surface area (Å²) in [4.78, 5) is 20.5. The Morgan fingerprint density at radius 3 is 2.92 bits per heavy atom. The van der Waals surface area contributed by atoms with Crippen LogP contribution in [0.5, 0.6) is 0 Å². The van der Waals surface area contributed by atoms with Crippen LogP contribution in [0.15, 0.2) is 42.7 Å². The van der Waals surface area contributed by atoms with E-state index in [4.69, 9.17) is 11.6 Å². The van der Waals surface area contributed by atoms with Gasteiger partial charge in [0.05, 0.1) is 12.5 Å². The van der Waals surface area contributed by atoms with Crippen LogP contribution in [0, 0.1) is 5.82 Å². The summed E-state index contributed by atoms with van der Waals surface area (Å²) in [6.45, 7) is 1.76. The quantitative estimate of drug-likeness (QED) is 0.733. The zero-order chi connectivity index (χ0) is 17.8. The SMILES string of the molecule is C[C@@H](NC(=O)Cc1c(F)cccc1Cl)c1nc(-c2cccnc2)n[nH]1. The van der Waals surface area contributed by atoms with Gasteiger partial charge in [-0.15, -0.1) is 0 Å². The third kappa shape index (κ3) is 4.00. The molecule has 2 aromatic heterocycles. The van der Waals surface area contributed by atoms with Gasteiger partial charge in [-0.2, -0.15) is 5.10 Å². The predicted molar refractivity (Wildman–Crippen MR) is 91.3 cm³/mol. The largest absolute Gasteiger partial charge is 0.346 e. The topological polar surface area (TPSA) is 83.6 Å². The number of nitrogens with one attached hydrogen (secondary N) is 2. The van der Waals surface area contributed by atoms with Gasteiger partial charge in [-0.25, -0.2) is 9.37 Å². The van der Waals surface area contributed by atoms with Crippen molar-refractivity contribution < 1.29 is 9.18 Å². The van der Waals surface area contributed by atoms with Crippen molar-refractivity contribution in [2.24, 2.45) is 0 Å². The number of amides is 1. The third-order valence-electron chi connectivity index (χ3n) is 3.61. The highest BCUT2D eigenvalue weighted by molar-refractivity contribution is 6.31. The number of rotatable bonds is 5. The van der Waals surface area contributed by atoms with Crippen molar-refractivity contribution in [2.45, 2.75) is 19.4 Å². The Morgan fingerprint density at radius 1 is 1.36 bits per heavy atom. The Labute approximate surface area is 148 Å². The van der Waals surface area contributed by atoms with Crippen LogP contribution in [0.2, 0.25) is 5.02 Å². The molecule has 3 aromatic rings. The summed E-state index contributed by atoms with van der Waals surface area (Å²) in [6.07, 6.45) is 3.16. The number of nitrogens with zero attached hydrogens (tertiary/aromatic N) is 3. The molecule has 0 saturated carbocycles. The van der Waals surface area contributed by atoms with Crippen LogP contribution in [0.3, 0.4) is 0 Å². The van der Waals surface area contributed by atoms with Crippen molar-refractivity contribution >= 4 is 17.5 Å². The average molecular weight is 360 g/mol. The number of hydrogen-bond acceptors (Lipinski definition) is 4. The molecule has 6 nitrogen and oxygen atoms in total. The van der Waals surface area contributed by atoms with Crippen molar-refractivity contribution in [1.29, 1.82) is 0 Å². The van der Waals surface area contributed by atoms with Gasteiger partial charge in [0, 0.05) is 28.5 Å². The lowest BCUT2D eigenvalue weighted by atomic mass is 10.1. The molecule has 2 N–H and O–H groups in total. The smallest absolute Gasteiger partial charge is 0.225 e. The van der Waals surface area contributed by atoms with E-state index in [0.29, 0.717) is 11.6 Å². The molecule has 2 heterocycles. The number of carbonyl (C=O) groups is 1. The molecule has 0 saturated heterocycles. The molecule has 0 unspecified atom stereocenters.